The van der Waals surface area contributed by atoms with Crippen molar-refractivity contribution in [3.05, 3.63) is 47.5 Å². The van der Waals surface area contributed by atoms with Crippen molar-refractivity contribution in [2.24, 2.45) is 11.7 Å². The van der Waals surface area contributed by atoms with Gasteiger partial charge in [-0.2, -0.15) is 0 Å². The SMILES string of the molecule is CCCCN(C(=O)CN1C[C@H](c2cc(OC)c3c(c2)OCO3)C(C(=O)O)[C@@H]1CCN1C(=O)CCN(C)C1=O)c1cccc(CN)c1. The molecule has 248 valence electrons. The van der Waals surface area contributed by atoms with E-state index in [1.165, 1.54) is 16.9 Å². The van der Waals surface area contributed by atoms with Crippen LogP contribution in [0.3, 0.4) is 0 Å². The monoisotopic (exact) mass is 637 g/mol. The number of ether oxygens (including phenoxy) is 3. The number of nitrogens with two attached hydrogens (primary N) is 1. The van der Waals surface area contributed by atoms with Crippen molar-refractivity contribution < 1.29 is 38.5 Å². The number of urea groups is 1. The maximum absolute atomic E-state index is 14.1. The number of imide groups is 1. The molecule has 2 fully saturated rings. The number of rotatable bonds is 13. The predicted molar refractivity (Wildman–Crippen MR) is 169 cm³/mol. The van der Waals surface area contributed by atoms with E-state index in [1.54, 1.807) is 24.1 Å². The van der Waals surface area contributed by atoms with E-state index in [0.717, 1.165) is 24.1 Å². The summed E-state index contributed by atoms with van der Waals surface area (Å²) in [7, 11) is 3.14. The van der Waals surface area contributed by atoms with Gasteiger partial charge in [0.2, 0.25) is 24.4 Å². The van der Waals surface area contributed by atoms with Gasteiger partial charge in [0.05, 0.1) is 19.6 Å². The molecule has 2 saturated heterocycles. The fourth-order valence-corrected chi connectivity index (χ4v) is 6.67. The highest BCUT2D eigenvalue weighted by molar-refractivity contribution is 5.97. The molecule has 4 amide bonds. The second-order valence-electron chi connectivity index (χ2n) is 12.0. The lowest BCUT2D eigenvalue weighted by atomic mass is 9.84. The van der Waals surface area contributed by atoms with Crippen molar-refractivity contribution >= 4 is 29.5 Å². The van der Waals surface area contributed by atoms with Gasteiger partial charge in [0.15, 0.2) is 11.5 Å². The molecular formula is C33H43N5O8. The molecule has 0 aromatic heterocycles. The number of hydrogen-bond donors (Lipinski definition) is 2. The Labute approximate surface area is 268 Å². The number of aliphatic carboxylic acids is 1. The average molecular weight is 638 g/mol. The fourth-order valence-electron chi connectivity index (χ4n) is 6.67. The summed E-state index contributed by atoms with van der Waals surface area (Å²) < 4.78 is 16.7. The Kier molecular flexibility index (Phi) is 10.3. The van der Waals surface area contributed by atoms with Crippen molar-refractivity contribution in [1.29, 1.82) is 0 Å². The lowest BCUT2D eigenvalue weighted by molar-refractivity contribution is -0.143. The normalized spacial score (nSPS) is 21.2. The summed E-state index contributed by atoms with van der Waals surface area (Å²) in [6.45, 7) is 3.49. The van der Waals surface area contributed by atoms with E-state index in [4.69, 9.17) is 19.9 Å². The van der Waals surface area contributed by atoms with Gasteiger partial charge >= 0.3 is 12.0 Å². The van der Waals surface area contributed by atoms with Gasteiger partial charge in [-0.15, -0.1) is 0 Å². The first-order valence-corrected chi connectivity index (χ1v) is 15.8. The third-order valence-corrected chi connectivity index (χ3v) is 9.14. The number of likely N-dealkylation sites (tertiary alicyclic amines) is 1. The Hall–Kier alpha value is -4.36. The maximum atomic E-state index is 14.1. The third kappa shape index (κ3) is 6.75. The van der Waals surface area contributed by atoms with Crippen LogP contribution in [0.5, 0.6) is 17.2 Å². The van der Waals surface area contributed by atoms with Crippen molar-refractivity contribution in [3.8, 4) is 17.2 Å². The van der Waals surface area contributed by atoms with Crippen LogP contribution in [0.2, 0.25) is 0 Å². The molecule has 3 aliphatic heterocycles. The van der Waals surface area contributed by atoms with Gasteiger partial charge in [-0.1, -0.05) is 25.5 Å². The van der Waals surface area contributed by atoms with Crippen LogP contribution in [-0.4, -0.2) is 103 Å². The number of anilines is 1. The Balaban J connectivity index is 1.48. The molecule has 5 rings (SSSR count). The molecule has 3 atom stereocenters. The molecular weight excluding hydrogens is 594 g/mol. The molecule has 3 N–H and O–H groups in total. The van der Waals surface area contributed by atoms with Crippen LogP contribution in [0.1, 0.15) is 49.7 Å². The highest BCUT2D eigenvalue weighted by Crippen LogP contribution is 2.47. The minimum Gasteiger partial charge on any atom is -0.493 e. The maximum Gasteiger partial charge on any atom is 0.326 e. The Morgan fingerprint density at radius 2 is 1.98 bits per heavy atom. The highest BCUT2D eigenvalue weighted by Gasteiger charge is 2.48. The molecule has 0 spiro atoms. The molecule has 3 heterocycles. The summed E-state index contributed by atoms with van der Waals surface area (Å²) in [6.07, 6.45) is 2.05. The molecule has 0 bridgehead atoms. The Morgan fingerprint density at radius 1 is 1.17 bits per heavy atom. The lowest BCUT2D eigenvalue weighted by Gasteiger charge is -2.34. The van der Waals surface area contributed by atoms with Gasteiger partial charge in [0.1, 0.15) is 0 Å². The molecule has 46 heavy (non-hydrogen) atoms. The minimum absolute atomic E-state index is 0.0245. The Bertz CT molecular complexity index is 1470. The van der Waals surface area contributed by atoms with E-state index in [9.17, 15) is 24.3 Å². The summed E-state index contributed by atoms with van der Waals surface area (Å²) >= 11 is 0. The number of nitrogens with zero attached hydrogens (tertiary/aromatic N) is 4. The highest BCUT2D eigenvalue weighted by atomic mass is 16.7. The van der Waals surface area contributed by atoms with Crippen LogP contribution in [0.4, 0.5) is 10.5 Å². The number of unbranched alkanes of at least 4 members (excludes halogenated alkanes) is 1. The van der Waals surface area contributed by atoms with E-state index < -0.39 is 29.9 Å². The third-order valence-electron chi connectivity index (χ3n) is 9.14. The van der Waals surface area contributed by atoms with Crippen molar-refractivity contribution in [2.45, 2.75) is 51.1 Å². The minimum atomic E-state index is -1.03. The smallest absolute Gasteiger partial charge is 0.326 e. The molecule has 0 radical (unpaired) electrons. The number of carbonyl (C=O) groups excluding carboxylic acids is 3. The molecule has 3 aliphatic rings. The standard InChI is InChI=1S/C33H43N5O8/c1-4-5-11-37(23-8-6-7-21(14-23)17-34)29(40)19-36-18-24(22-15-26(44-3)31-27(16-22)45-20-46-31)30(32(41)42)25(36)9-13-38-28(39)10-12-35(2)33(38)43/h6-8,14-16,24-25,30H,4-5,9-13,17-20,34H2,1-3H3,(H,41,42)/t24-,25+,30?/m1/s1. The first-order valence-electron chi connectivity index (χ1n) is 15.8. The number of carbonyl (C=O) groups is 4. The second kappa shape index (κ2) is 14.4. The fraction of sp³-hybridized carbons (Fsp3) is 0.515. The molecule has 13 nitrogen and oxygen atoms in total. The van der Waals surface area contributed by atoms with Crippen LogP contribution in [0.25, 0.3) is 0 Å². The van der Waals surface area contributed by atoms with E-state index in [-0.39, 0.29) is 51.1 Å². The zero-order valence-electron chi connectivity index (χ0n) is 26.6. The predicted octanol–water partition coefficient (Wildman–Crippen LogP) is 2.86. The van der Waals surface area contributed by atoms with E-state index >= 15 is 0 Å². The molecule has 13 heteroatoms. The van der Waals surface area contributed by atoms with Crippen LogP contribution in [-0.2, 0) is 20.9 Å². The van der Waals surface area contributed by atoms with Gasteiger partial charge in [-0.25, -0.2) is 4.79 Å². The first-order chi connectivity index (χ1) is 22.2. The van der Waals surface area contributed by atoms with E-state index in [0.29, 0.717) is 42.4 Å². The van der Waals surface area contributed by atoms with Crippen LogP contribution < -0.4 is 24.8 Å². The summed E-state index contributed by atoms with van der Waals surface area (Å²) in [5.74, 6) is -1.65. The zero-order chi connectivity index (χ0) is 33.0. The number of carboxylic acid groups (broad SMARTS) is 1. The van der Waals surface area contributed by atoms with Crippen molar-refractivity contribution in [2.75, 3.05) is 58.6 Å². The molecule has 0 aliphatic carbocycles. The summed E-state index contributed by atoms with van der Waals surface area (Å²) in [5, 5.41) is 10.7. The van der Waals surface area contributed by atoms with Gasteiger partial charge in [0.25, 0.3) is 0 Å². The van der Waals surface area contributed by atoms with Crippen molar-refractivity contribution in [3.63, 3.8) is 0 Å². The summed E-state index contributed by atoms with van der Waals surface area (Å²) in [5.41, 5.74) is 8.20. The quantitative estimate of drug-likeness (QED) is 0.335. The van der Waals surface area contributed by atoms with Gasteiger partial charge in [-0.3, -0.25) is 24.2 Å². The summed E-state index contributed by atoms with van der Waals surface area (Å²) in [6, 6.07) is 10.0. The number of amides is 4. The van der Waals surface area contributed by atoms with Crippen LogP contribution >= 0.6 is 0 Å². The molecule has 2 aromatic carbocycles. The van der Waals surface area contributed by atoms with Gasteiger partial charge in [0, 0.05) is 63.8 Å². The second-order valence-corrected chi connectivity index (χ2v) is 12.0. The number of hydrogen-bond acceptors (Lipinski definition) is 9. The van der Waals surface area contributed by atoms with Crippen molar-refractivity contribution in [1.82, 2.24) is 14.7 Å². The number of carboxylic acids is 1. The molecule has 2 aromatic rings. The lowest BCUT2D eigenvalue weighted by Crippen LogP contribution is -2.52. The largest absolute Gasteiger partial charge is 0.493 e. The summed E-state index contributed by atoms with van der Waals surface area (Å²) in [4.78, 5) is 59.0. The van der Waals surface area contributed by atoms with E-state index in [2.05, 4.69) is 6.92 Å². The van der Waals surface area contributed by atoms with Gasteiger partial charge in [-0.05, 0) is 48.2 Å². The Morgan fingerprint density at radius 3 is 2.70 bits per heavy atom. The molecule has 1 unspecified atom stereocenters. The number of fused-ring (bicyclic) bond motifs is 1. The zero-order valence-corrected chi connectivity index (χ0v) is 26.6. The van der Waals surface area contributed by atoms with Gasteiger partial charge < -0.3 is 34.9 Å². The number of benzene rings is 2. The molecule has 0 saturated carbocycles. The topological polar surface area (TPSA) is 155 Å². The average Bonchev–Trinajstić information content (AvgIpc) is 3.67. The van der Waals surface area contributed by atoms with E-state index in [1.807, 2.05) is 29.2 Å². The van der Waals surface area contributed by atoms with Crippen LogP contribution in [0.15, 0.2) is 36.4 Å². The van der Waals surface area contributed by atoms with Crippen LogP contribution in [0, 0.1) is 5.92 Å². The number of methoxy groups -OCH3 is 1. The first kappa shape index (κ1) is 33.0.